The lowest BCUT2D eigenvalue weighted by Crippen LogP contribution is -2.36. The highest BCUT2D eigenvalue weighted by Crippen LogP contribution is 2.08. The fraction of sp³-hybridized carbons (Fsp3) is 0.929. The Kier molecular flexibility index (Phi) is 10.4. The largest absolute Gasteiger partial charge is 0.444 e. The van der Waals surface area contributed by atoms with Crippen LogP contribution in [0.25, 0.3) is 0 Å². The minimum absolute atomic E-state index is 0.339. The van der Waals surface area contributed by atoms with Gasteiger partial charge in [0.05, 0.1) is 33.0 Å². The van der Waals surface area contributed by atoms with E-state index in [9.17, 15) is 4.79 Å². The van der Waals surface area contributed by atoms with Gasteiger partial charge < -0.3 is 23.8 Å². The van der Waals surface area contributed by atoms with Gasteiger partial charge in [-0.3, -0.25) is 0 Å². The molecule has 6 heteroatoms. The normalized spacial score (nSPS) is 11.4. The Labute approximate surface area is 122 Å². The summed E-state index contributed by atoms with van der Waals surface area (Å²) >= 11 is 0. The van der Waals surface area contributed by atoms with Crippen LogP contribution in [0.5, 0.6) is 0 Å². The summed E-state index contributed by atoms with van der Waals surface area (Å²) in [5.41, 5.74) is -0.472. The average Bonchev–Trinajstić information content (AvgIpc) is 2.34. The monoisotopic (exact) mass is 291 g/mol. The Morgan fingerprint density at radius 2 is 1.45 bits per heavy atom. The van der Waals surface area contributed by atoms with Gasteiger partial charge in [0, 0.05) is 20.2 Å². The van der Waals surface area contributed by atoms with Crippen molar-refractivity contribution in [2.75, 3.05) is 53.2 Å². The summed E-state index contributed by atoms with van der Waals surface area (Å²) in [6, 6.07) is 0. The number of rotatable bonds is 10. The molecule has 0 aliphatic carbocycles. The SMILES string of the molecule is CCOCCOCCOCCN(C)C(=O)OC(C)(C)C. The minimum Gasteiger partial charge on any atom is -0.444 e. The van der Waals surface area contributed by atoms with Gasteiger partial charge >= 0.3 is 6.09 Å². The maximum Gasteiger partial charge on any atom is 0.410 e. The number of carbonyl (C=O) groups excluding carboxylic acids is 1. The van der Waals surface area contributed by atoms with Crippen LogP contribution in [0, 0.1) is 0 Å². The van der Waals surface area contributed by atoms with Gasteiger partial charge in [0.2, 0.25) is 0 Å². The van der Waals surface area contributed by atoms with Crippen LogP contribution in [0.4, 0.5) is 4.79 Å². The van der Waals surface area contributed by atoms with Crippen molar-refractivity contribution in [2.24, 2.45) is 0 Å². The van der Waals surface area contributed by atoms with Gasteiger partial charge in [0.1, 0.15) is 5.60 Å². The van der Waals surface area contributed by atoms with Crippen molar-refractivity contribution in [3.63, 3.8) is 0 Å². The second-order valence-corrected chi connectivity index (χ2v) is 5.32. The van der Waals surface area contributed by atoms with Crippen molar-refractivity contribution in [3.8, 4) is 0 Å². The molecular weight excluding hydrogens is 262 g/mol. The first-order valence-electron chi connectivity index (χ1n) is 7.04. The van der Waals surface area contributed by atoms with Gasteiger partial charge in [-0.2, -0.15) is 0 Å². The predicted molar refractivity (Wildman–Crippen MR) is 77.0 cm³/mol. The van der Waals surface area contributed by atoms with Crippen LogP contribution in [0.1, 0.15) is 27.7 Å². The summed E-state index contributed by atoms with van der Waals surface area (Å²) in [6.07, 6.45) is -0.339. The first-order valence-corrected chi connectivity index (χ1v) is 7.04. The van der Waals surface area contributed by atoms with E-state index in [1.807, 2.05) is 27.7 Å². The van der Waals surface area contributed by atoms with Crippen LogP contribution >= 0.6 is 0 Å². The number of carbonyl (C=O) groups is 1. The summed E-state index contributed by atoms with van der Waals surface area (Å²) in [7, 11) is 1.69. The summed E-state index contributed by atoms with van der Waals surface area (Å²) < 4.78 is 21.0. The van der Waals surface area contributed by atoms with Crippen molar-refractivity contribution in [3.05, 3.63) is 0 Å². The zero-order valence-electron chi connectivity index (χ0n) is 13.4. The van der Waals surface area contributed by atoms with Gasteiger partial charge in [-0.15, -0.1) is 0 Å². The van der Waals surface area contributed by atoms with Gasteiger partial charge in [0.15, 0.2) is 0 Å². The third-order valence-corrected chi connectivity index (χ3v) is 2.22. The zero-order valence-corrected chi connectivity index (χ0v) is 13.4. The van der Waals surface area contributed by atoms with Crippen LogP contribution in [0.3, 0.4) is 0 Å². The fourth-order valence-electron chi connectivity index (χ4n) is 1.22. The van der Waals surface area contributed by atoms with Crippen molar-refractivity contribution in [1.82, 2.24) is 4.90 Å². The van der Waals surface area contributed by atoms with Crippen molar-refractivity contribution in [1.29, 1.82) is 0 Å². The Balaban J connectivity index is 3.44. The van der Waals surface area contributed by atoms with E-state index in [0.29, 0.717) is 46.2 Å². The molecule has 0 unspecified atom stereocenters. The van der Waals surface area contributed by atoms with Crippen LogP contribution in [-0.2, 0) is 18.9 Å². The molecule has 20 heavy (non-hydrogen) atoms. The molecule has 0 aliphatic heterocycles. The first kappa shape index (κ1) is 19.1. The molecule has 0 atom stereocenters. The van der Waals surface area contributed by atoms with E-state index >= 15 is 0 Å². The van der Waals surface area contributed by atoms with E-state index in [4.69, 9.17) is 18.9 Å². The number of hydrogen-bond donors (Lipinski definition) is 0. The summed E-state index contributed by atoms with van der Waals surface area (Å²) in [4.78, 5) is 13.1. The molecule has 0 N–H and O–H groups in total. The fourth-order valence-corrected chi connectivity index (χ4v) is 1.22. The van der Waals surface area contributed by atoms with E-state index in [2.05, 4.69) is 0 Å². The molecule has 0 aliphatic rings. The van der Waals surface area contributed by atoms with Crippen LogP contribution in [0.15, 0.2) is 0 Å². The minimum atomic E-state index is -0.472. The molecule has 0 aromatic rings. The Morgan fingerprint density at radius 3 is 1.95 bits per heavy atom. The van der Waals surface area contributed by atoms with E-state index in [1.165, 1.54) is 4.90 Å². The Morgan fingerprint density at radius 1 is 0.950 bits per heavy atom. The maximum absolute atomic E-state index is 11.6. The molecule has 0 rings (SSSR count). The maximum atomic E-state index is 11.6. The quantitative estimate of drug-likeness (QED) is 0.576. The lowest BCUT2D eigenvalue weighted by atomic mass is 10.2. The molecule has 6 nitrogen and oxygen atoms in total. The van der Waals surface area contributed by atoms with Crippen molar-refractivity contribution < 1.29 is 23.7 Å². The highest BCUT2D eigenvalue weighted by Gasteiger charge is 2.19. The molecule has 0 aromatic heterocycles. The molecule has 0 fully saturated rings. The zero-order chi connectivity index (χ0) is 15.4. The molecule has 0 radical (unpaired) electrons. The molecule has 1 amide bonds. The van der Waals surface area contributed by atoms with Crippen LogP contribution < -0.4 is 0 Å². The van der Waals surface area contributed by atoms with Crippen molar-refractivity contribution >= 4 is 6.09 Å². The second-order valence-electron chi connectivity index (χ2n) is 5.32. The first-order chi connectivity index (χ1) is 9.37. The van der Waals surface area contributed by atoms with E-state index in [-0.39, 0.29) is 6.09 Å². The highest BCUT2D eigenvalue weighted by atomic mass is 16.6. The molecule has 0 saturated carbocycles. The number of hydrogen-bond acceptors (Lipinski definition) is 5. The number of likely N-dealkylation sites (N-methyl/N-ethyl adjacent to an activating group) is 1. The average molecular weight is 291 g/mol. The molecule has 0 bridgehead atoms. The third-order valence-electron chi connectivity index (χ3n) is 2.22. The van der Waals surface area contributed by atoms with Gasteiger partial charge in [-0.05, 0) is 27.7 Å². The lowest BCUT2D eigenvalue weighted by Gasteiger charge is -2.24. The molecule has 0 heterocycles. The molecular formula is C14H29NO5. The van der Waals surface area contributed by atoms with E-state index in [1.54, 1.807) is 7.05 Å². The number of ether oxygens (including phenoxy) is 4. The van der Waals surface area contributed by atoms with Gasteiger partial charge in [0.25, 0.3) is 0 Å². The second kappa shape index (κ2) is 10.9. The smallest absolute Gasteiger partial charge is 0.410 e. The third kappa shape index (κ3) is 12.2. The summed E-state index contributed by atoms with van der Waals surface area (Å²) in [5, 5.41) is 0. The Bertz CT molecular complexity index is 252. The van der Waals surface area contributed by atoms with E-state index < -0.39 is 5.60 Å². The lowest BCUT2D eigenvalue weighted by molar-refractivity contribution is 0.00605. The molecule has 0 spiro atoms. The van der Waals surface area contributed by atoms with Crippen LogP contribution in [-0.4, -0.2) is 69.8 Å². The van der Waals surface area contributed by atoms with Crippen molar-refractivity contribution in [2.45, 2.75) is 33.3 Å². The standard InChI is InChI=1S/C14H29NO5/c1-6-17-9-10-19-12-11-18-8-7-15(5)13(16)20-14(2,3)4/h6-12H2,1-5H3. The summed E-state index contributed by atoms with van der Waals surface area (Å²) in [5.74, 6) is 0. The molecule has 120 valence electrons. The van der Waals surface area contributed by atoms with Gasteiger partial charge in [-0.1, -0.05) is 0 Å². The highest BCUT2D eigenvalue weighted by molar-refractivity contribution is 5.67. The molecule has 0 saturated heterocycles. The number of amides is 1. The van der Waals surface area contributed by atoms with Crippen LogP contribution in [0.2, 0.25) is 0 Å². The summed E-state index contributed by atoms with van der Waals surface area (Å²) in [6.45, 7) is 11.4. The van der Waals surface area contributed by atoms with Gasteiger partial charge in [-0.25, -0.2) is 4.79 Å². The van der Waals surface area contributed by atoms with E-state index in [0.717, 1.165) is 0 Å². The number of nitrogens with zero attached hydrogens (tertiary/aromatic N) is 1. The topological polar surface area (TPSA) is 57.2 Å². The molecule has 0 aromatic carbocycles. The predicted octanol–water partition coefficient (Wildman–Crippen LogP) is 1.92. The Hall–Kier alpha value is -0.850.